The number of aryl methyl sites for hydroxylation is 1. The molecule has 0 saturated carbocycles. The van der Waals surface area contributed by atoms with Crippen molar-refractivity contribution in [1.82, 2.24) is 15.2 Å². The Labute approximate surface area is 155 Å². The Morgan fingerprint density at radius 1 is 1.29 bits per heavy atom. The fourth-order valence-electron chi connectivity index (χ4n) is 3.02. The van der Waals surface area contributed by atoms with Crippen molar-refractivity contribution in [3.8, 4) is 0 Å². The largest absolute Gasteiger partial charge is 0.354 e. The number of hydrogen-bond donors (Lipinski definition) is 1. The summed E-state index contributed by atoms with van der Waals surface area (Å²) in [6.45, 7) is 6.34. The molecule has 2 aromatic rings. The molecule has 132 valence electrons. The van der Waals surface area contributed by atoms with Crippen LogP contribution in [0.3, 0.4) is 0 Å². The van der Waals surface area contributed by atoms with Crippen molar-refractivity contribution in [1.29, 1.82) is 0 Å². The molecule has 1 aliphatic heterocycles. The van der Waals surface area contributed by atoms with Crippen molar-refractivity contribution < 1.29 is 0 Å². The van der Waals surface area contributed by atoms with Gasteiger partial charge in [-0.3, -0.25) is 4.90 Å². The Hall–Kier alpha value is -1.14. The number of piperazine rings is 1. The normalized spacial score (nSPS) is 18.2. The second-order valence-electron chi connectivity index (χ2n) is 6.29. The lowest BCUT2D eigenvalue weighted by molar-refractivity contribution is 0.155. The standard InChI is InChI=1S/C18H26N4S.ClH/c1-4-14-5-7-15(8-6-14)17-12-19-9-10-22(17)13-16-11-20-18(23-16)21(2)3;/h5-8,11,17,19H,4,9-10,12-13H2,1-3H3;1H. The Morgan fingerprint density at radius 2 is 2.04 bits per heavy atom. The van der Waals surface area contributed by atoms with Gasteiger partial charge in [-0.25, -0.2) is 4.98 Å². The van der Waals surface area contributed by atoms with E-state index in [1.807, 2.05) is 20.3 Å². The minimum Gasteiger partial charge on any atom is -0.354 e. The highest BCUT2D eigenvalue weighted by atomic mass is 35.5. The van der Waals surface area contributed by atoms with Crippen molar-refractivity contribution >= 4 is 28.9 Å². The number of thiazole rings is 1. The number of aromatic nitrogens is 1. The van der Waals surface area contributed by atoms with E-state index in [2.05, 4.69) is 51.3 Å². The molecule has 3 rings (SSSR count). The summed E-state index contributed by atoms with van der Waals surface area (Å²) in [6.07, 6.45) is 3.13. The van der Waals surface area contributed by atoms with Gasteiger partial charge in [-0.2, -0.15) is 0 Å². The van der Waals surface area contributed by atoms with E-state index in [0.717, 1.165) is 37.7 Å². The summed E-state index contributed by atoms with van der Waals surface area (Å²) in [5.74, 6) is 0. The number of benzene rings is 1. The third kappa shape index (κ3) is 4.48. The molecule has 1 aromatic heterocycles. The quantitative estimate of drug-likeness (QED) is 0.879. The lowest BCUT2D eigenvalue weighted by Gasteiger charge is -2.36. The van der Waals surface area contributed by atoms with Gasteiger partial charge in [0.05, 0.1) is 0 Å². The monoisotopic (exact) mass is 366 g/mol. The maximum Gasteiger partial charge on any atom is 0.185 e. The predicted molar refractivity (Wildman–Crippen MR) is 106 cm³/mol. The van der Waals surface area contributed by atoms with Gasteiger partial charge in [-0.1, -0.05) is 31.2 Å². The third-order valence-electron chi connectivity index (χ3n) is 4.41. The van der Waals surface area contributed by atoms with Crippen molar-refractivity contribution in [2.24, 2.45) is 0 Å². The molecule has 24 heavy (non-hydrogen) atoms. The van der Waals surface area contributed by atoms with E-state index in [1.54, 1.807) is 11.3 Å². The molecular formula is C18H27ClN4S. The summed E-state index contributed by atoms with van der Waals surface area (Å²) in [7, 11) is 4.09. The SMILES string of the molecule is CCc1ccc(C2CNCCN2Cc2cnc(N(C)C)s2)cc1.Cl. The minimum atomic E-state index is 0. The molecule has 1 aromatic carbocycles. The number of rotatable bonds is 5. The summed E-state index contributed by atoms with van der Waals surface area (Å²) < 4.78 is 0. The van der Waals surface area contributed by atoms with Crippen LogP contribution in [0.25, 0.3) is 0 Å². The molecule has 2 heterocycles. The van der Waals surface area contributed by atoms with Gasteiger partial charge in [-0.15, -0.1) is 23.7 Å². The summed E-state index contributed by atoms with van der Waals surface area (Å²) in [5, 5.41) is 4.62. The zero-order valence-electron chi connectivity index (χ0n) is 14.7. The number of hydrogen-bond acceptors (Lipinski definition) is 5. The first-order chi connectivity index (χ1) is 11.2. The molecule has 0 radical (unpaired) electrons. The van der Waals surface area contributed by atoms with E-state index in [0.29, 0.717) is 6.04 Å². The number of anilines is 1. The van der Waals surface area contributed by atoms with E-state index in [-0.39, 0.29) is 12.4 Å². The average molecular weight is 367 g/mol. The van der Waals surface area contributed by atoms with Crippen LogP contribution in [0.15, 0.2) is 30.5 Å². The fourth-order valence-corrected chi connectivity index (χ4v) is 3.88. The van der Waals surface area contributed by atoms with E-state index in [9.17, 15) is 0 Å². The highest BCUT2D eigenvalue weighted by Gasteiger charge is 2.24. The van der Waals surface area contributed by atoms with E-state index < -0.39 is 0 Å². The minimum absolute atomic E-state index is 0. The van der Waals surface area contributed by atoms with Crippen molar-refractivity contribution in [3.05, 3.63) is 46.5 Å². The first-order valence-corrected chi connectivity index (χ1v) is 9.14. The maximum atomic E-state index is 4.50. The molecule has 0 amide bonds. The topological polar surface area (TPSA) is 31.4 Å². The third-order valence-corrected chi connectivity index (χ3v) is 5.56. The molecule has 0 spiro atoms. The Kier molecular flexibility index (Phi) is 7.04. The van der Waals surface area contributed by atoms with Gasteiger partial charge in [-0.05, 0) is 17.5 Å². The Morgan fingerprint density at radius 3 is 2.67 bits per heavy atom. The lowest BCUT2D eigenvalue weighted by atomic mass is 10.0. The van der Waals surface area contributed by atoms with E-state index in [1.165, 1.54) is 16.0 Å². The van der Waals surface area contributed by atoms with Gasteiger partial charge in [0.25, 0.3) is 0 Å². The highest BCUT2D eigenvalue weighted by molar-refractivity contribution is 7.15. The summed E-state index contributed by atoms with van der Waals surface area (Å²) in [4.78, 5) is 10.5. The van der Waals surface area contributed by atoms with Crippen molar-refractivity contribution in [2.75, 3.05) is 38.6 Å². The molecule has 1 unspecified atom stereocenters. The van der Waals surface area contributed by atoms with Crippen LogP contribution in [0.5, 0.6) is 0 Å². The second-order valence-corrected chi connectivity index (χ2v) is 7.38. The molecule has 6 heteroatoms. The van der Waals surface area contributed by atoms with Gasteiger partial charge in [0, 0.05) is 57.4 Å². The number of nitrogens with zero attached hydrogens (tertiary/aromatic N) is 3. The molecule has 1 saturated heterocycles. The first kappa shape index (κ1) is 19.2. The zero-order chi connectivity index (χ0) is 16.2. The summed E-state index contributed by atoms with van der Waals surface area (Å²) in [5.41, 5.74) is 2.81. The van der Waals surface area contributed by atoms with Gasteiger partial charge in [0.2, 0.25) is 0 Å². The van der Waals surface area contributed by atoms with Crippen molar-refractivity contribution in [3.63, 3.8) is 0 Å². The number of halogens is 1. The molecule has 1 atom stereocenters. The summed E-state index contributed by atoms with van der Waals surface area (Å²) in [6, 6.07) is 9.56. The van der Waals surface area contributed by atoms with Crippen LogP contribution in [0.4, 0.5) is 5.13 Å². The predicted octanol–water partition coefficient (Wildman–Crippen LogP) is 3.34. The smallest absolute Gasteiger partial charge is 0.185 e. The molecule has 1 aliphatic rings. The summed E-state index contributed by atoms with van der Waals surface area (Å²) >= 11 is 1.79. The van der Waals surface area contributed by atoms with Gasteiger partial charge < -0.3 is 10.2 Å². The van der Waals surface area contributed by atoms with Gasteiger partial charge in [0.1, 0.15) is 0 Å². The second kappa shape index (κ2) is 8.81. The zero-order valence-corrected chi connectivity index (χ0v) is 16.3. The number of nitrogens with one attached hydrogen (secondary N) is 1. The fraction of sp³-hybridized carbons (Fsp3) is 0.500. The van der Waals surface area contributed by atoms with Crippen LogP contribution in [-0.4, -0.2) is 43.6 Å². The van der Waals surface area contributed by atoms with E-state index in [4.69, 9.17) is 0 Å². The van der Waals surface area contributed by atoms with Crippen LogP contribution in [0.2, 0.25) is 0 Å². The Bertz CT molecular complexity index is 626. The molecular weight excluding hydrogens is 340 g/mol. The molecule has 4 nitrogen and oxygen atoms in total. The van der Waals surface area contributed by atoms with Crippen LogP contribution in [0, 0.1) is 0 Å². The van der Waals surface area contributed by atoms with Crippen LogP contribution in [-0.2, 0) is 13.0 Å². The van der Waals surface area contributed by atoms with Gasteiger partial charge in [0.15, 0.2) is 5.13 Å². The van der Waals surface area contributed by atoms with Crippen LogP contribution in [0.1, 0.15) is 29.0 Å². The molecule has 0 aliphatic carbocycles. The van der Waals surface area contributed by atoms with Crippen molar-refractivity contribution in [2.45, 2.75) is 25.9 Å². The molecule has 0 bridgehead atoms. The van der Waals surface area contributed by atoms with E-state index >= 15 is 0 Å². The maximum absolute atomic E-state index is 4.50. The van der Waals surface area contributed by atoms with Crippen LogP contribution < -0.4 is 10.2 Å². The molecule has 1 fully saturated rings. The Balaban J connectivity index is 0.00000208. The average Bonchev–Trinajstić information content (AvgIpc) is 3.04. The first-order valence-electron chi connectivity index (χ1n) is 8.33. The highest BCUT2D eigenvalue weighted by Crippen LogP contribution is 2.28. The van der Waals surface area contributed by atoms with Crippen LogP contribution >= 0.6 is 23.7 Å². The molecule has 1 N–H and O–H groups in total. The van der Waals surface area contributed by atoms with Gasteiger partial charge >= 0.3 is 0 Å². The lowest BCUT2D eigenvalue weighted by Crippen LogP contribution is -2.45.